The second-order valence-electron chi connectivity index (χ2n) is 4.61. The third-order valence-corrected chi connectivity index (χ3v) is 3.02. The van der Waals surface area contributed by atoms with Gasteiger partial charge in [0.25, 0.3) is 0 Å². The van der Waals surface area contributed by atoms with Gasteiger partial charge in [-0.15, -0.1) is 0 Å². The third kappa shape index (κ3) is 4.08. The normalized spacial score (nSPS) is 10.4. The number of nitrogens with one attached hydrogen (secondary N) is 1. The summed E-state index contributed by atoms with van der Waals surface area (Å²) < 4.78 is 31.8. The Balaban J connectivity index is 2.01. The maximum Gasteiger partial charge on any atom is 0.167 e. The molecule has 0 aliphatic carbocycles. The van der Waals surface area contributed by atoms with Crippen LogP contribution in [0.2, 0.25) is 0 Å². The Hall–Kier alpha value is -2.30. The SMILES string of the molecule is CCOc1cc(NCCc2cccc(F)c2)c(N)cc1F. The van der Waals surface area contributed by atoms with Crippen LogP contribution in [0.25, 0.3) is 0 Å². The molecule has 0 unspecified atom stereocenters. The predicted octanol–water partition coefficient (Wildman–Crippen LogP) is 3.60. The molecule has 0 aliphatic heterocycles. The van der Waals surface area contributed by atoms with E-state index in [1.807, 2.05) is 6.07 Å². The van der Waals surface area contributed by atoms with Gasteiger partial charge in [0, 0.05) is 18.7 Å². The van der Waals surface area contributed by atoms with Gasteiger partial charge < -0.3 is 15.8 Å². The monoisotopic (exact) mass is 292 g/mol. The standard InChI is InChI=1S/C16H18F2N2O/c1-2-21-16-10-15(14(19)9-13(16)18)20-7-6-11-4-3-5-12(17)8-11/h3-5,8-10,20H,2,6-7,19H2,1H3. The summed E-state index contributed by atoms with van der Waals surface area (Å²) in [5.74, 6) is -0.572. The van der Waals surface area contributed by atoms with Crippen LogP contribution in [0, 0.1) is 11.6 Å². The van der Waals surface area contributed by atoms with E-state index in [4.69, 9.17) is 10.5 Å². The van der Waals surface area contributed by atoms with Crippen LogP contribution in [0.1, 0.15) is 12.5 Å². The fourth-order valence-electron chi connectivity index (χ4n) is 2.02. The molecule has 0 bridgehead atoms. The molecular weight excluding hydrogens is 274 g/mol. The van der Waals surface area contributed by atoms with Crippen molar-refractivity contribution >= 4 is 11.4 Å². The van der Waals surface area contributed by atoms with E-state index >= 15 is 0 Å². The summed E-state index contributed by atoms with van der Waals surface area (Å²) in [6, 6.07) is 9.19. The average molecular weight is 292 g/mol. The van der Waals surface area contributed by atoms with E-state index in [1.165, 1.54) is 18.2 Å². The zero-order valence-electron chi connectivity index (χ0n) is 11.8. The molecule has 0 atom stereocenters. The Bertz CT molecular complexity index is 617. The number of hydrogen-bond donors (Lipinski definition) is 2. The summed E-state index contributed by atoms with van der Waals surface area (Å²) in [6.45, 7) is 2.72. The third-order valence-electron chi connectivity index (χ3n) is 3.02. The summed E-state index contributed by atoms with van der Waals surface area (Å²) in [5, 5.41) is 3.11. The van der Waals surface area contributed by atoms with Gasteiger partial charge in [-0.25, -0.2) is 8.78 Å². The second kappa shape index (κ2) is 6.92. The molecule has 0 heterocycles. The molecule has 3 N–H and O–H groups in total. The number of nitrogens with two attached hydrogens (primary N) is 1. The number of anilines is 2. The Morgan fingerprint density at radius 3 is 2.71 bits per heavy atom. The smallest absolute Gasteiger partial charge is 0.167 e. The van der Waals surface area contributed by atoms with Gasteiger partial charge in [-0.2, -0.15) is 0 Å². The van der Waals surface area contributed by atoms with Crippen molar-refractivity contribution in [1.82, 2.24) is 0 Å². The Labute approximate surface area is 122 Å². The molecule has 0 saturated heterocycles. The minimum Gasteiger partial charge on any atom is -0.491 e. The number of halogens is 2. The van der Waals surface area contributed by atoms with Crippen LogP contribution in [-0.2, 0) is 6.42 Å². The lowest BCUT2D eigenvalue weighted by Gasteiger charge is -2.12. The molecule has 0 fully saturated rings. The van der Waals surface area contributed by atoms with Crippen molar-refractivity contribution < 1.29 is 13.5 Å². The number of hydrogen-bond acceptors (Lipinski definition) is 3. The minimum absolute atomic E-state index is 0.167. The van der Waals surface area contributed by atoms with Crippen LogP contribution in [-0.4, -0.2) is 13.2 Å². The molecule has 0 amide bonds. The summed E-state index contributed by atoms with van der Waals surface area (Å²) in [7, 11) is 0. The first-order valence-electron chi connectivity index (χ1n) is 6.80. The summed E-state index contributed by atoms with van der Waals surface area (Å²) >= 11 is 0. The fourth-order valence-corrected chi connectivity index (χ4v) is 2.02. The highest BCUT2D eigenvalue weighted by atomic mass is 19.1. The molecule has 3 nitrogen and oxygen atoms in total. The van der Waals surface area contributed by atoms with Crippen molar-refractivity contribution in [3.63, 3.8) is 0 Å². The van der Waals surface area contributed by atoms with Gasteiger partial charge in [-0.1, -0.05) is 12.1 Å². The molecule has 5 heteroatoms. The van der Waals surface area contributed by atoms with E-state index < -0.39 is 5.82 Å². The van der Waals surface area contributed by atoms with Gasteiger partial charge in [0.05, 0.1) is 18.0 Å². The summed E-state index contributed by atoms with van der Waals surface area (Å²) in [6.07, 6.45) is 0.637. The first-order valence-corrected chi connectivity index (χ1v) is 6.80. The van der Waals surface area contributed by atoms with Crippen molar-refractivity contribution in [2.75, 3.05) is 24.2 Å². The molecule has 0 radical (unpaired) electrons. The largest absolute Gasteiger partial charge is 0.491 e. The van der Waals surface area contributed by atoms with Gasteiger partial charge in [0.15, 0.2) is 11.6 Å². The second-order valence-corrected chi connectivity index (χ2v) is 4.61. The lowest BCUT2D eigenvalue weighted by molar-refractivity contribution is 0.322. The number of nitrogen functional groups attached to an aromatic ring is 1. The van der Waals surface area contributed by atoms with Gasteiger partial charge in [-0.05, 0) is 31.0 Å². The maximum atomic E-state index is 13.6. The van der Waals surface area contributed by atoms with Crippen LogP contribution in [0.4, 0.5) is 20.2 Å². The quantitative estimate of drug-likeness (QED) is 0.800. The first kappa shape index (κ1) is 15.1. The molecule has 0 aliphatic rings. The van der Waals surface area contributed by atoms with Gasteiger partial charge in [0.1, 0.15) is 5.82 Å². The number of rotatable bonds is 6. The topological polar surface area (TPSA) is 47.3 Å². The summed E-state index contributed by atoms with van der Waals surface area (Å²) in [5.41, 5.74) is 7.58. The molecule has 0 spiro atoms. The van der Waals surface area contributed by atoms with Crippen molar-refractivity contribution in [2.24, 2.45) is 0 Å². The number of ether oxygens (including phenoxy) is 1. The van der Waals surface area contributed by atoms with Gasteiger partial charge in [0.2, 0.25) is 0 Å². The minimum atomic E-state index is -0.481. The molecule has 2 aromatic carbocycles. The van der Waals surface area contributed by atoms with E-state index in [-0.39, 0.29) is 11.6 Å². The lowest BCUT2D eigenvalue weighted by atomic mass is 10.1. The van der Waals surface area contributed by atoms with Crippen molar-refractivity contribution in [1.29, 1.82) is 0 Å². The van der Waals surface area contributed by atoms with Crippen LogP contribution >= 0.6 is 0 Å². The van der Waals surface area contributed by atoms with Crippen LogP contribution in [0.5, 0.6) is 5.75 Å². The van der Waals surface area contributed by atoms with Crippen LogP contribution in [0.15, 0.2) is 36.4 Å². The van der Waals surface area contributed by atoms with Crippen molar-refractivity contribution in [3.05, 3.63) is 53.6 Å². The molecule has 112 valence electrons. The van der Waals surface area contributed by atoms with E-state index in [9.17, 15) is 8.78 Å². The van der Waals surface area contributed by atoms with E-state index in [0.717, 1.165) is 5.56 Å². The molecule has 0 aromatic heterocycles. The van der Waals surface area contributed by atoms with Crippen LogP contribution < -0.4 is 15.8 Å². The highest BCUT2D eigenvalue weighted by molar-refractivity contribution is 5.68. The maximum absolute atomic E-state index is 13.6. The molecule has 0 saturated carbocycles. The van der Waals surface area contributed by atoms with Gasteiger partial charge in [-0.3, -0.25) is 0 Å². The number of benzene rings is 2. The predicted molar refractivity (Wildman–Crippen MR) is 80.6 cm³/mol. The lowest BCUT2D eigenvalue weighted by Crippen LogP contribution is -2.08. The molecule has 2 aromatic rings. The highest BCUT2D eigenvalue weighted by Gasteiger charge is 2.08. The summed E-state index contributed by atoms with van der Waals surface area (Å²) in [4.78, 5) is 0. The molecule has 2 rings (SSSR count). The van der Waals surface area contributed by atoms with Crippen LogP contribution in [0.3, 0.4) is 0 Å². The van der Waals surface area contributed by atoms with E-state index in [0.29, 0.717) is 30.9 Å². The first-order chi connectivity index (χ1) is 10.1. The van der Waals surface area contributed by atoms with Gasteiger partial charge >= 0.3 is 0 Å². The Morgan fingerprint density at radius 1 is 1.19 bits per heavy atom. The Kier molecular flexibility index (Phi) is 4.98. The zero-order chi connectivity index (χ0) is 15.2. The molecular formula is C16H18F2N2O. The fraction of sp³-hybridized carbons (Fsp3) is 0.250. The van der Waals surface area contributed by atoms with E-state index in [1.54, 1.807) is 19.1 Å². The highest BCUT2D eigenvalue weighted by Crippen LogP contribution is 2.28. The Morgan fingerprint density at radius 2 is 2.00 bits per heavy atom. The zero-order valence-corrected chi connectivity index (χ0v) is 11.8. The van der Waals surface area contributed by atoms with Crippen molar-refractivity contribution in [2.45, 2.75) is 13.3 Å². The molecule has 21 heavy (non-hydrogen) atoms. The van der Waals surface area contributed by atoms with Crippen molar-refractivity contribution in [3.8, 4) is 5.75 Å². The van der Waals surface area contributed by atoms with E-state index in [2.05, 4.69) is 5.32 Å². The average Bonchev–Trinajstić information content (AvgIpc) is 2.44.